The summed E-state index contributed by atoms with van der Waals surface area (Å²) in [5, 5.41) is 6.59. The number of aromatic nitrogens is 4. The molecule has 0 radical (unpaired) electrons. The van der Waals surface area contributed by atoms with Crippen LogP contribution in [0, 0.1) is 12.1 Å². The molecule has 0 aliphatic carbocycles. The van der Waals surface area contributed by atoms with Gasteiger partial charge in [0.05, 0.1) is 0 Å². The van der Waals surface area contributed by atoms with Crippen LogP contribution in [0.2, 0.25) is 0 Å². The number of nitrogens with zero attached hydrogens (tertiary/aromatic N) is 4. The third-order valence-corrected chi connectivity index (χ3v) is 17.6. The number of imidazole rings is 1. The molecule has 4 nitrogen and oxygen atoms in total. The van der Waals surface area contributed by atoms with Crippen molar-refractivity contribution in [2.24, 2.45) is 6.98 Å². The molecule has 0 aliphatic heterocycles. The van der Waals surface area contributed by atoms with Gasteiger partial charge in [0, 0.05) is 61.7 Å². The predicted octanol–water partition coefficient (Wildman–Crippen LogP) is 11.7. The first-order valence-electron chi connectivity index (χ1n) is 23.7. The van der Waals surface area contributed by atoms with E-state index >= 15 is 0 Å². The first-order chi connectivity index (χ1) is 33.9. The number of hydrogen-bond donors (Lipinski definition) is 0. The maximum absolute atomic E-state index is 8.41. The van der Waals surface area contributed by atoms with Gasteiger partial charge in [-0.1, -0.05) is 163 Å². The second kappa shape index (κ2) is 17.6. The molecule has 0 N–H and O–H groups in total. The van der Waals surface area contributed by atoms with Gasteiger partial charge in [0.1, 0.15) is 13.9 Å². The normalized spacial score (nSPS) is 12.4. The first-order valence-corrected chi connectivity index (χ1v) is 24.2. The monoisotopic (exact) mass is 1060 g/mol. The minimum Gasteiger partial charge on any atom is -0.319 e. The molecule has 0 bridgehead atoms. The van der Waals surface area contributed by atoms with E-state index in [-0.39, 0.29) is 21.1 Å². The van der Waals surface area contributed by atoms with Crippen molar-refractivity contribution in [1.29, 1.82) is 0 Å². The Balaban J connectivity index is 0.00000533. The number of pyridine rings is 1. The molecule has 3 heterocycles. The van der Waals surface area contributed by atoms with Gasteiger partial charge in [0.2, 0.25) is 0 Å². The van der Waals surface area contributed by atoms with Crippen LogP contribution in [-0.2, 0) is 28.0 Å². The Morgan fingerprint density at radius 1 is 0.493 bits per heavy atom. The first kappa shape index (κ1) is 38.6. The number of benzene rings is 9. The van der Waals surface area contributed by atoms with E-state index < -0.39 is 15.0 Å². The molecule has 3 aromatic heterocycles. The van der Waals surface area contributed by atoms with Crippen LogP contribution in [0.1, 0.15) is 4.11 Å². The van der Waals surface area contributed by atoms with Gasteiger partial charge in [-0.25, -0.2) is 14.1 Å². The zero-order valence-corrected chi connectivity index (χ0v) is 39.5. The zero-order chi connectivity index (χ0) is 46.5. The SMILES string of the molecule is [2H]C([2H])([2H])n1[cH+]n(-c2[c-]c([Si](c3[c-]c4c(cc3)c3ccccc3n4-c3cc(-c4c(-c5ccccc5)cccc4-c4ccccc4)ccn3)(c3ccccc3)c3ccccc3)ccc2)c2ccccc21.[Pt]. The molecule has 0 spiro atoms. The van der Waals surface area contributed by atoms with Crippen molar-refractivity contribution < 1.29 is 25.2 Å². The number of rotatable bonds is 9. The average molecular weight is 1060 g/mol. The third kappa shape index (κ3) is 7.10. The molecule has 12 rings (SSSR count). The van der Waals surface area contributed by atoms with Crippen molar-refractivity contribution in [2.75, 3.05) is 0 Å². The van der Waals surface area contributed by atoms with Gasteiger partial charge in [-0.05, 0) is 79.5 Å². The van der Waals surface area contributed by atoms with Gasteiger partial charge in [0.15, 0.2) is 17.4 Å². The maximum Gasteiger partial charge on any atom is 0.188 e. The fourth-order valence-corrected chi connectivity index (χ4v) is 14.6. The van der Waals surface area contributed by atoms with Crippen molar-refractivity contribution in [1.82, 2.24) is 18.7 Å². The van der Waals surface area contributed by atoms with E-state index in [1.54, 1.807) is 6.33 Å². The Kier molecular flexibility index (Phi) is 10.1. The van der Waals surface area contributed by atoms with Crippen LogP contribution in [0.25, 0.3) is 77.7 Å². The van der Waals surface area contributed by atoms with Gasteiger partial charge >= 0.3 is 0 Å². The summed E-state index contributed by atoms with van der Waals surface area (Å²) in [6.45, 7) is -2.37. The van der Waals surface area contributed by atoms with E-state index in [0.29, 0.717) is 5.52 Å². The second-order valence-corrected chi connectivity index (χ2v) is 20.4. The van der Waals surface area contributed by atoms with Gasteiger partial charge in [-0.2, -0.15) is 35.5 Å². The van der Waals surface area contributed by atoms with E-state index in [0.717, 1.165) is 82.6 Å². The van der Waals surface area contributed by atoms with E-state index in [2.05, 4.69) is 217 Å². The standard InChI is InChI=1S/C61H43N4Si.Pt/c1-63-43-64(58-35-17-16-34-57(58)63)47-24-18-29-50(41-47)66(48-25-10-4-11-26-48,49-27-12-5-13-28-49)51-36-37-55-54-30-14-15-33-56(54)65(59(55)42-51)60-40-46(38-39-62-60)61-52(44-20-6-2-7-21-44)31-19-32-53(61)45-22-8-3-9-23-45;/h2-40,43H,1H3;/q-1;/i1D3;. The molecule has 0 atom stereocenters. The number of aryl methyl sites for hydroxylation is 1. The summed E-state index contributed by atoms with van der Waals surface area (Å²) < 4.78 is 30.8. The Bertz CT molecular complexity index is 3740. The minimum absolute atomic E-state index is 0. The average Bonchev–Trinajstić information content (AvgIpc) is 3.97. The summed E-state index contributed by atoms with van der Waals surface area (Å²) in [6.07, 6.45) is 3.61. The summed E-state index contributed by atoms with van der Waals surface area (Å²) in [4.78, 5) is 5.17. The molecule has 9 aromatic carbocycles. The smallest absolute Gasteiger partial charge is 0.188 e. The van der Waals surface area contributed by atoms with E-state index in [4.69, 9.17) is 9.10 Å². The molecule has 0 fully saturated rings. The summed E-state index contributed by atoms with van der Waals surface area (Å²) in [5.41, 5.74) is 10.9. The Labute approximate surface area is 410 Å². The van der Waals surface area contributed by atoms with E-state index in [1.807, 2.05) is 41.1 Å². The zero-order valence-electron chi connectivity index (χ0n) is 39.2. The molecule has 12 aromatic rings. The summed E-state index contributed by atoms with van der Waals surface area (Å²) in [6, 6.07) is 88.7. The number of hydrogen-bond acceptors (Lipinski definition) is 1. The van der Waals surface area contributed by atoms with Crippen LogP contribution >= 0.6 is 0 Å². The van der Waals surface area contributed by atoms with Crippen LogP contribution < -0.4 is 20.7 Å². The van der Waals surface area contributed by atoms with Gasteiger partial charge in [-0.15, -0.1) is 22.7 Å². The number of fused-ring (bicyclic) bond motifs is 4. The van der Waals surface area contributed by atoms with Crippen molar-refractivity contribution in [2.45, 2.75) is 0 Å². The van der Waals surface area contributed by atoms with Crippen molar-refractivity contribution in [3.05, 3.63) is 255 Å². The van der Waals surface area contributed by atoms with Gasteiger partial charge < -0.3 is 4.57 Å². The van der Waals surface area contributed by atoms with Crippen molar-refractivity contribution in [3.63, 3.8) is 0 Å². The Morgan fingerprint density at radius 2 is 1.06 bits per heavy atom. The van der Waals surface area contributed by atoms with Gasteiger partial charge in [-0.3, -0.25) is 0 Å². The molecule has 6 heteroatoms. The molecule has 67 heavy (non-hydrogen) atoms. The molecule has 0 aliphatic rings. The fourth-order valence-electron chi connectivity index (χ4n) is 10.1. The summed E-state index contributed by atoms with van der Waals surface area (Å²) >= 11 is 0. The Morgan fingerprint density at radius 3 is 1.72 bits per heavy atom. The second-order valence-electron chi connectivity index (χ2n) is 16.6. The van der Waals surface area contributed by atoms with Gasteiger partial charge in [0.25, 0.3) is 0 Å². The van der Waals surface area contributed by atoms with Crippen LogP contribution in [0.5, 0.6) is 0 Å². The molecule has 0 amide bonds. The van der Waals surface area contributed by atoms with Crippen LogP contribution in [0.4, 0.5) is 0 Å². The predicted molar refractivity (Wildman–Crippen MR) is 276 cm³/mol. The van der Waals surface area contributed by atoms with Crippen molar-refractivity contribution in [3.8, 4) is 44.9 Å². The molecule has 0 unspecified atom stereocenters. The maximum atomic E-state index is 8.41. The quantitative estimate of drug-likeness (QED) is 0.0804. The molecular weight excluding hydrogens is 1010 g/mol. The molecule has 0 saturated carbocycles. The largest absolute Gasteiger partial charge is 0.319 e. The minimum atomic E-state index is -3.28. The summed E-state index contributed by atoms with van der Waals surface area (Å²) in [5.74, 6) is 0.788. The van der Waals surface area contributed by atoms with E-state index in [1.165, 1.54) is 14.9 Å². The van der Waals surface area contributed by atoms with E-state index in [9.17, 15) is 0 Å². The molecular formula is C61H43N4PtSi-. The third-order valence-electron chi connectivity index (χ3n) is 13.0. The topological polar surface area (TPSA) is 27.7 Å². The Hall–Kier alpha value is -7.69. The van der Waals surface area contributed by atoms with Crippen molar-refractivity contribution >= 4 is 61.7 Å². The molecule has 322 valence electrons. The molecule has 0 saturated heterocycles. The van der Waals surface area contributed by atoms with Crippen LogP contribution in [0.15, 0.2) is 243 Å². The fraction of sp³-hybridized carbons (Fsp3) is 0.0164. The van der Waals surface area contributed by atoms with Crippen LogP contribution in [-0.4, -0.2) is 26.8 Å². The summed E-state index contributed by atoms with van der Waals surface area (Å²) in [7, 11) is -3.28. The van der Waals surface area contributed by atoms with Crippen LogP contribution in [0.3, 0.4) is 0 Å². The number of para-hydroxylation sites is 3.